The summed E-state index contributed by atoms with van der Waals surface area (Å²) in [6, 6.07) is 0.0969. The minimum absolute atomic E-state index is 0.0176. The number of urea groups is 1. The molecule has 4 saturated carbocycles. The highest BCUT2D eigenvalue weighted by Crippen LogP contribution is 2.60. The lowest BCUT2D eigenvalue weighted by atomic mass is 9.48. The summed E-state index contributed by atoms with van der Waals surface area (Å²) >= 11 is 0. The summed E-state index contributed by atoms with van der Waals surface area (Å²) in [4.78, 5) is 41.3. The predicted molar refractivity (Wildman–Crippen MR) is 126 cm³/mol. The van der Waals surface area contributed by atoms with Gasteiger partial charge >= 0.3 is 6.03 Å². The second-order valence-corrected chi connectivity index (χ2v) is 11.3. The van der Waals surface area contributed by atoms with E-state index in [1.807, 2.05) is 9.80 Å². The van der Waals surface area contributed by atoms with Crippen LogP contribution in [-0.2, 0) is 4.79 Å². The fraction of sp³-hybridized carbons (Fsp3) is 0.760. The van der Waals surface area contributed by atoms with Gasteiger partial charge in [-0.05, 0) is 62.7 Å². The monoisotopic (exact) mass is 468 g/mol. The molecule has 4 aliphatic carbocycles. The Bertz CT molecular complexity index is 904. The first-order valence-electron chi connectivity index (χ1n) is 13.0. The molecule has 3 heterocycles. The summed E-state index contributed by atoms with van der Waals surface area (Å²) in [5.41, 5.74) is -0.293. The van der Waals surface area contributed by atoms with Gasteiger partial charge in [-0.25, -0.2) is 9.78 Å². The second-order valence-electron chi connectivity index (χ2n) is 11.3. The number of amides is 3. The standard InChI is InChI=1S/C25H36N6O3/c32-22-18-10-17-11-19(22)14-25(12-17,13-18)23(33)28-20-2-1-5-31(16-20)24(34)30-8-6-29(7-9-30)21-15-26-3-4-27-21/h3-4,15,17-20,22,32H,1-2,5-14,16H2,(H,28,33)/t17-,18?,19?,20-,22?,25+/m0/s1. The van der Waals surface area contributed by atoms with E-state index in [1.165, 1.54) is 0 Å². The van der Waals surface area contributed by atoms with E-state index in [2.05, 4.69) is 20.2 Å². The molecule has 9 heteroatoms. The average molecular weight is 469 g/mol. The number of piperidine rings is 1. The van der Waals surface area contributed by atoms with Gasteiger partial charge < -0.3 is 25.1 Å². The molecule has 34 heavy (non-hydrogen) atoms. The van der Waals surface area contributed by atoms with Crippen LogP contribution in [0.15, 0.2) is 18.6 Å². The van der Waals surface area contributed by atoms with E-state index in [4.69, 9.17) is 0 Å². The maximum atomic E-state index is 13.5. The fourth-order valence-corrected chi connectivity index (χ4v) is 7.66. The number of nitrogens with zero attached hydrogens (tertiary/aromatic N) is 5. The molecule has 6 aliphatic rings. The Kier molecular flexibility index (Phi) is 5.62. The molecule has 0 aromatic carbocycles. The van der Waals surface area contributed by atoms with Crippen molar-refractivity contribution < 1.29 is 14.7 Å². The van der Waals surface area contributed by atoms with Crippen molar-refractivity contribution in [3.8, 4) is 0 Å². The molecule has 2 aliphatic heterocycles. The number of hydrogen-bond donors (Lipinski definition) is 2. The van der Waals surface area contributed by atoms with Gasteiger partial charge in [-0.3, -0.25) is 9.78 Å². The van der Waals surface area contributed by atoms with Crippen LogP contribution < -0.4 is 10.2 Å². The molecule has 3 atom stereocenters. The lowest BCUT2D eigenvalue weighted by Gasteiger charge is -2.58. The lowest BCUT2D eigenvalue weighted by molar-refractivity contribution is -0.163. The van der Waals surface area contributed by atoms with E-state index >= 15 is 0 Å². The molecule has 0 spiro atoms. The second kappa shape index (κ2) is 8.66. The van der Waals surface area contributed by atoms with Crippen LogP contribution >= 0.6 is 0 Å². The number of nitrogens with one attached hydrogen (secondary N) is 1. The van der Waals surface area contributed by atoms with Gasteiger partial charge in [-0.15, -0.1) is 0 Å². The van der Waals surface area contributed by atoms with Gasteiger partial charge in [0.05, 0.1) is 17.7 Å². The van der Waals surface area contributed by atoms with Gasteiger partial charge in [0.15, 0.2) is 0 Å². The van der Waals surface area contributed by atoms with Gasteiger partial charge in [-0.1, -0.05) is 0 Å². The SMILES string of the molecule is O=C(N1CCN(c2cnccn2)CC1)N1CCC[C@H](NC(=O)[C@]23CC4C[C@@H](CC(C2)C4O)C3)C1. The van der Waals surface area contributed by atoms with Crippen LogP contribution in [0.3, 0.4) is 0 Å². The highest BCUT2D eigenvalue weighted by atomic mass is 16.3. The topological polar surface area (TPSA) is 102 Å². The number of anilines is 1. The van der Waals surface area contributed by atoms with Gasteiger partial charge in [0.2, 0.25) is 5.91 Å². The summed E-state index contributed by atoms with van der Waals surface area (Å²) in [7, 11) is 0. The summed E-state index contributed by atoms with van der Waals surface area (Å²) in [5, 5.41) is 13.9. The van der Waals surface area contributed by atoms with Gasteiger partial charge in [0.25, 0.3) is 0 Å². The van der Waals surface area contributed by atoms with E-state index in [0.29, 0.717) is 37.4 Å². The molecule has 6 fully saturated rings. The minimum Gasteiger partial charge on any atom is -0.393 e. The summed E-state index contributed by atoms with van der Waals surface area (Å²) in [6.07, 6.45) is 11.6. The van der Waals surface area contributed by atoms with Gasteiger partial charge in [-0.2, -0.15) is 0 Å². The average Bonchev–Trinajstić information content (AvgIpc) is 2.87. The zero-order chi connectivity index (χ0) is 23.3. The van der Waals surface area contributed by atoms with Crippen molar-refractivity contribution >= 4 is 17.8 Å². The molecule has 9 nitrogen and oxygen atoms in total. The van der Waals surface area contributed by atoms with E-state index < -0.39 is 0 Å². The maximum absolute atomic E-state index is 13.5. The van der Waals surface area contributed by atoms with Crippen molar-refractivity contribution in [1.82, 2.24) is 25.1 Å². The number of aromatic nitrogens is 2. The van der Waals surface area contributed by atoms with Crippen LogP contribution in [-0.4, -0.2) is 88.2 Å². The van der Waals surface area contributed by atoms with E-state index in [-0.39, 0.29) is 29.5 Å². The van der Waals surface area contributed by atoms with Crippen molar-refractivity contribution in [2.24, 2.45) is 23.2 Å². The van der Waals surface area contributed by atoms with Gasteiger partial charge in [0, 0.05) is 57.7 Å². The number of carbonyl (C=O) groups excluding carboxylic acids is 2. The minimum atomic E-state index is -0.293. The van der Waals surface area contributed by atoms with E-state index in [1.54, 1.807) is 18.6 Å². The Hall–Kier alpha value is -2.42. The first-order chi connectivity index (χ1) is 16.5. The molecule has 2 unspecified atom stereocenters. The molecule has 3 amide bonds. The van der Waals surface area contributed by atoms with Crippen LogP contribution in [0.2, 0.25) is 0 Å². The van der Waals surface area contributed by atoms with Crippen LogP contribution in [0.25, 0.3) is 0 Å². The van der Waals surface area contributed by atoms with Crippen molar-refractivity contribution in [3.63, 3.8) is 0 Å². The third-order valence-corrected chi connectivity index (χ3v) is 9.16. The van der Waals surface area contributed by atoms with Gasteiger partial charge in [0.1, 0.15) is 5.82 Å². The number of hydrogen-bond acceptors (Lipinski definition) is 6. The fourth-order valence-electron chi connectivity index (χ4n) is 7.66. The Labute approximate surface area is 200 Å². The Morgan fingerprint density at radius 2 is 1.76 bits per heavy atom. The highest BCUT2D eigenvalue weighted by molar-refractivity contribution is 5.83. The third-order valence-electron chi connectivity index (χ3n) is 9.16. The number of rotatable bonds is 3. The first kappa shape index (κ1) is 22.1. The molecule has 7 rings (SSSR count). The number of aliphatic hydroxyl groups excluding tert-OH is 1. The quantitative estimate of drug-likeness (QED) is 0.697. The first-order valence-corrected chi connectivity index (χ1v) is 13.0. The molecule has 1 aromatic rings. The summed E-state index contributed by atoms with van der Waals surface area (Å²) in [5.74, 6) is 2.21. The Morgan fingerprint density at radius 1 is 1.00 bits per heavy atom. The van der Waals surface area contributed by atoms with Crippen LogP contribution in [0.4, 0.5) is 10.6 Å². The van der Waals surface area contributed by atoms with Crippen molar-refractivity contribution in [3.05, 3.63) is 18.6 Å². The Balaban J connectivity index is 1.04. The normalized spacial score (nSPS) is 37.1. The summed E-state index contributed by atoms with van der Waals surface area (Å²) in [6.45, 7) is 4.16. The molecule has 0 radical (unpaired) electrons. The van der Waals surface area contributed by atoms with Crippen LogP contribution in [0.5, 0.6) is 0 Å². The largest absolute Gasteiger partial charge is 0.393 e. The highest BCUT2D eigenvalue weighted by Gasteiger charge is 2.58. The number of carbonyl (C=O) groups is 2. The molecular formula is C25H36N6O3. The third kappa shape index (κ3) is 3.91. The predicted octanol–water partition coefficient (Wildman–Crippen LogP) is 1.49. The van der Waals surface area contributed by atoms with Crippen LogP contribution in [0, 0.1) is 23.2 Å². The molecule has 1 aromatic heterocycles. The number of likely N-dealkylation sites (tertiary alicyclic amines) is 1. The van der Waals surface area contributed by atoms with Crippen molar-refractivity contribution in [1.29, 1.82) is 0 Å². The maximum Gasteiger partial charge on any atom is 0.320 e. The number of aliphatic hydroxyl groups is 1. The zero-order valence-electron chi connectivity index (χ0n) is 19.8. The van der Waals surface area contributed by atoms with Crippen LogP contribution in [0.1, 0.15) is 44.9 Å². The lowest BCUT2D eigenvalue weighted by Crippen LogP contribution is -2.61. The van der Waals surface area contributed by atoms with E-state index in [9.17, 15) is 14.7 Å². The molecular weight excluding hydrogens is 432 g/mol. The molecule has 2 N–H and O–H groups in total. The Morgan fingerprint density at radius 3 is 2.47 bits per heavy atom. The molecule has 184 valence electrons. The van der Waals surface area contributed by atoms with Crippen molar-refractivity contribution in [2.75, 3.05) is 44.2 Å². The summed E-state index contributed by atoms with van der Waals surface area (Å²) < 4.78 is 0. The number of piperazine rings is 1. The molecule has 2 saturated heterocycles. The molecule has 4 bridgehead atoms. The zero-order valence-corrected chi connectivity index (χ0v) is 19.8. The van der Waals surface area contributed by atoms with Crippen molar-refractivity contribution in [2.45, 2.75) is 57.1 Å². The smallest absolute Gasteiger partial charge is 0.320 e. The van der Waals surface area contributed by atoms with E-state index in [0.717, 1.165) is 70.4 Å².